The van der Waals surface area contributed by atoms with Crippen LogP contribution in [0.5, 0.6) is 0 Å². The normalized spacial score (nSPS) is 44.0. The van der Waals surface area contributed by atoms with Gasteiger partial charge in [-0.25, -0.2) is 4.79 Å². The Bertz CT molecular complexity index is 1060. The number of ketones is 1. The standard InChI is InChI=1S/C28H40N2O7/c1-16(31)28(36)11-8-22-20-5-4-17-12-18(6-9-26(17,2)21(20)7-10-27(22,28)3)29-37-15-24(33)30-14-19(32)13-23(30)25(34)35/h12,19-23,32,36H,4-11,13-15H2,1-3H3,(H,34,35)/b29-18+/t19?,20-,21+,22+,23?,26+,27+,28+/m1/s1. The summed E-state index contributed by atoms with van der Waals surface area (Å²) in [5.41, 5.74) is 0.673. The van der Waals surface area contributed by atoms with E-state index in [9.17, 15) is 29.7 Å². The third-order valence-corrected chi connectivity index (χ3v) is 11.0. The van der Waals surface area contributed by atoms with E-state index in [1.54, 1.807) is 6.92 Å². The molecule has 9 nitrogen and oxygen atoms in total. The van der Waals surface area contributed by atoms with Gasteiger partial charge in [0, 0.05) is 18.4 Å². The van der Waals surface area contributed by atoms with Crippen LogP contribution in [0.2, 0.25) is 0 Å². The molecule has 37 heavy (non-hydrogen) atoms. The molecule has 204 valence electrons. The summed E-state index contributed by atoms with van der Waals surface area (Å²) in [7, 11) is 0. The maximum atomic E-state index is 12.5. The lowest BCUT2D eigenvalue weighted by molar-refractivity contribution is -0.159. The lowest BCUT2D eigenvalue weighted by Gasteiger charge is -2.59. The summed E-state index contributed by atoms with van der Waals surface area (Å²) >= 11 is 0. The number of nitrogens with zero attached hydrogens (tertiary/aromatic N) is 2. The third-order valence-electron chi connectivity index (χ3n) is 11.0. The Hall–Kier alpha value is -2.26. The van der Waals surface area contributed by atoms with E-state index >= 15 is 0 Å². The topological polar surface area (TPSA) is 137 Å². The monoisotopic (exact) mass is 516 g/mol. The zero-order valence-corrected chi connectivity index (χ0v) is 22.1. The molecule has 0 radical (unpaired) electrons. The Labute approximate surface area is 217 Å². The van der Waals surface area contributed by atoms with Crippen molar-refractivity contribution in [1.29, 1.82) is 0 Å². The van der Waals surface area contributed by atoms with Crippen molar-refractivity contribution in [3.63, 3.8) is 0 Å². The molecule has 0 aromatic rings. The highest BCUT2D eigenvalue weighted by molar-refractivity contribution is 5.96. The number of aliphatic hydroxyl groups is 2. The Morgan fingerprint density at radius 3 is 2.54 bits per heavy atom. The van der Waals surface area contributed by atoms with E-state index in [0.717, 1.165) is 55.6 Å². The van der Waals surface area contributed by atoms with Crippen LogP contribution in [0.15, 0.2) is 16.8 Å². The molecule has 2 unspecified atom stereocenters. The fraction of sp³-hybridized carbons (Fsp3) is 0.786. The van der Waals surface area contributed by atoms with Gasteiger partial charge in [-0.3, -0.25) is 9.59 Å². The maximum absolute atomic E-state index is 12.5. The number of allylic oxidation sites excluding steroid dienone is 2. The Morgan fingerprint density at radius 2 is 1.84 bits per heavy atom. The quantitative estimate of drug-likeness (QED) is 0.478. The van der Waals surface area contributed by atoms with Gasteiger partial charge in [0.15, 0.2) is 12.4 Å². The van der Waals surface area contributed by atoms with Gasteiger partial charge in [-0.15, -0.1) is 0 Å². The van der Waals surface area contributed by atoms with Gasteiger partial charge in [0.05, 0.1) is 11.8 Å². The fourth-order valence-corrected chi connectivity index (χ4v) is 8.81. The van der Waals surface area contributed by atoms with Crippen molar-refractivity contribution in [2.24, 2.45) is 33.7 Å². The van der Waals surface area contributed by atoms with Gasteiger partial charge in [-0.2, -0.15) is 0 Å². The van der Waals surface area contributed by atoms with Crippen LogP contribution in [0.3, 0.4) is 0 Å². The van der Waals surface area contributed by atoms with Crippen LogP contribution in [0.1, 0.15) is 78.6 Å². The summed E-state index contributed by atoms with van der Waals surface area (Å²) in [6, 6.07) is -1.03. The van der Waals surface area contributed by atoms with Crippen LogP contribution < -0.4 is 0 Å². The Balaban J connectivity index is 1.26. The number of carboxylic acid groups (broad SMARTS) is 1. The van der Waals surface area contributed by atoms with Crippen LogP contribution in [0, 0.1) is 28.6 Å². The smallest absolute Gasteiger partial charge is 0.326 e. The second-order valence-corrected chi connectivity index (χ2v) is 12.6. The first-order valence-electron chi connectivity index (χ1n) is 13.7. The number of aliphatic carboxylic acids is 1. The van der Waals surface area contributed by atoms with Crippen molar-refractivity contribution in [2.75, 3.05) is 13.2 Å². The molecule has 0 aromatic carbocycles. The summed E-state index contributed by atoms with van der Waals surface area (Å²) < 4.78 is 0. The number of oxime groups is 1. The Kier molecular flexibility index (Phi) is 6.54. The largest absolute Gasteiger partial charge is 0.480 e. The molecular weight excluding hydrogens is 476 g/mol. The fourth-order valence-electron chi connectivity index (χ4n) is 8.81. The first-order chi connectivity index (χ1) is 17.4. The SMILES string of the molecule is CC(=O)[C@@]1(O)CC[C@H]2[C@@H]3CCC4=C/C(=N/OCC(=O)N5CC(O)CC5C(=O)O)CC[C@]4(C)[C@H]3CC[C@@]21C. The minimum absolute atomic E-state index is 0.00938. The predicted molar refractivity (Wildman–Crippen MR) is 134 cm³/mol. The minimum atomic E-state index is -1.20. The van der Waals surface area contributed by atoms with E-state index in [2.05, 4.69) is 25.1 Å². The van der Waals surface area contributed by atoms with E-state index in [4.69, 9.17) is 4.84 Å². The van der Waals surface area contributed by atoms with Gasteiger partial charge in [-0.05, 0) is 87.5 Å². The number of carboxylic acids is 1. The van der Waals surface area contributed by atoms with Crippen molar-refractivity contribution >= 4 is 23.4 Å². The van der Waals surface area contributed by atoms with Gasteiger partial charge in [-0.1, -0.05) is 24.6 Å². The molecule has 3 N–H and O–H groups in total. The molecule has 1 heterocycles. The predicted octanol–water partition coefficient (Wildman–Crippen LogP) is 2.69. The molecule has 1 saturated heterocycles. The second-order valence-electron chi connectivity index (χ2n) is 12.6. The molecule has 8 atom stereocenters. The molecule has 3 saturated carbocycles. The van der Waals surface area contributed by atoms with E-state index in [0.29, 0.717) is 24.2 Å². The number of aliphatic hydroxyl groups excluding tert-OH is 1. The number of hydrogen-bond acceptors (Lipinski definition) is 7. The van der Waals surface area contributed by atoms with Crippen LogP contribution in [0.4, 0.5) is 0 Å². The number of Topliss-reactive ketones (excluding diaryl/α,β-unsaturated/α-hetero) is 1. The van der Waals surface area contributed by atoms with Crippen molar-refractivity contribution in [1.82, 2.24) is 4.90 Å². The summed E-state index contributed by atoms with van der Waals surface area (Å²) in [4.78, 5) is 42.8. The number of likely N-dealkylation sites (tertiary alicyclic amines) is 1. The number of carbonyl (C=O) groups is 3. The minimum Gasteiger partial charge on any atom is -0.480 e. The molecule has 5 rings (SSSR count). The van der Waals surface area contributed by atoms with Crippen molar-refractivity contribution in [3.05, 3.63) is 11.6 Å². The average Bonchev–Trinajstić information content (AvgIpc) is 3.37. The highest BCUT2D eigenvalue weighted by Gasteiger charge is 2.65. The zero-order valence-electron chi connectivity index (χ0n) is 22.1. The average molecular weight is 517 g/mol. The first-order valence-corrected chi connectivity index (χ1v) is 13.7. The van der Waals surface area contributed by atoms with Crippen LogP contribution in [-0.4, -0.2) is 74.5 Å². The molecule has 0 bridgehead atoms. The molecular formula is C28H40N2O7. The van der Waals surface area contributed by atoms with Gasteiger partial charge in [0.2, 0.25) is 0 Å². The van der Waals surface area contributed by atoms with E-state index in [1.807, 2.05) is 0 Å². The molecule has 4 aliphatic carbocycles. The number of hydrogen-bond donors (Lipinski definition) is 3. The molecule has 0 aromatic heterocycles. The number of β-amino-alcohol motifs (C(OH)–C–C–N with tert-alkyl or cyclic N) is 1. The van der Waals surface area contributed by atoms with Gasteiger partial charge >= 0.3 is 5.97 Å². The number of carbonyl (C=O) groups excluding carboxylic acids is 2. The zero-order chi connectivity index (χ0) is 26.8. The Morgan fingerprint density at radius 1 is 1.11 bits per heavy atom. The van der Waals surface area contributed by atoms with Crippen LogP contribution in [0.25, 0.3) is 0 Å². The van der Waals surface area contributed by atoms with Gasteiger partial charge < -0.3 is 25.1 Å². The van der Waals surface area contributed by atoms with Crippen molar-refractivity contribution in [3.8, 4) is 0 Å². The van der Waals surface area contributed by atoms with Gasteiger partial charge in [0.25, 0.3) is 5.91 Å². The molecule has 9 heteroatoms. The van der Waals surface area contributed by atoms with E-state index < -0.39 is 29.6 Å². The second kappa shape index (κ2) is 9.19. The molecule has 1 aliphatic heterocycles. The third kappa shape index (κ3) is 4.04. The van der Waals surface area contributed by atoms with Gasteiger partial charge in [0.1, 0.15) is 11.6 Å². The summed E-state index contributed by atoms with van der Waals surface area (Å²) in [5, 5.41) is 34.6. The first kappa shape index (κ1) is 26.4. The summed E-state index contributed by atoms with van der Waals surface area (Å²) in [6.07, 6.45) is 8.33. The highest BCUT2D eigenvalue weighted by atomic mass is 16.6. The number of rotatable bonds is 5. The lowest BCUT2D eigenvalue weighted by Crippen LogP contribution is -2.57. The molecule has 4 fully saturated rings. The number of fused-ring (bicyclic) bond motifs is 5. The van der Waals surface area contributed by atoms with E-state index in [-0.39, 0.29) is 36.2 Å². The van der Waals surface area contributed by atoms with Crippen LogP contribution >= 0.6 is 0 Å². The summed E-state index contributed by atoms with van der Waals surface area (Å²) in [5.74, 6) is -0.334. The van der Waals surface area contributed by atoms with Crippen LogP contribution in [-0.2, 0) is 19.2 Å². The van der Waals surface area contributed by atoms with Crippen molar-refractivity contribution in [2.45, 2.75) is 96.3 Å². The van der Waals surface area contributed by atoms with Crippen molar-refractivity contribution < 1.29 is 34.5 Å². The molecule has 1 amide bonds. The number of amides is 1. The van der Waals surface area contributed by atoms with E-state index in [1.165, 1.54) is 5.57 Å². The molecule has 0 spiro atoms. The molecule has 5 aliphatic rings. The summed E-state index contributed by atoms with van der Waals surface area (Å²) in [6.45, 7) is 5.67. The lowest BCUT2D eigenvalue weighted by atomic mass is 9.46. The maximum Gasteiger partial charge on any atom is 0.326 e. The highest BCUT2D eigenvalue weighted by Crippen LogP contribution is 2.67.